The van der Waals surface area contributed by atoms with Gasteiger partial charge in [-0.25, -0.2) is 5.06 Å². The molecule has 2 aromatic rings. The predicted molar refractivity (Wildman–Crippen MR) is 94.0 cm³/mol. The van der Waals surface area contributed by atoms with Crippen LogP contribution in [-0.4, -0.2) is 31.6 Å². The van der Waals surface area contributed by atoms with Gasteiger partial charge in [-0.15, -0.1) is 0 Å². The molecule has 0 amide bonds. The van der Waals surface area contributed by atoms with Crippen LogP contribution in [0.3, 0.4) is 0 Å². The Morgan fingerprint density at radius 1 is 1.13 bits per heavy atom. The average molecular weight is 329 g/mol. The molecule has 0 N–H and O–H groups in total. The number of hydrogen-bond acceptors (Lipinski definition) is 3. The zero-order chi connectivity index (χ0) is 16.0. The molecule has 0 bridgehead atoms. The minimum Gasteiger partial charge on any atom is -0.307 e. The molecule has 0 aliphatic carbocycles. The maximum absolute atomic E-state index is 6.55. The van der Waals surface area contributed by atoms with Gasteiger partial charge in [0, 0.05) is 13.0 Å². The Morgan fingerprint density at radius 3 is 2.74 bits per heavy atom. The van der Waals surface area contributed by atoms with Crippen LogP contribution in [0.5, 0.6) is 0 Å². The van der Waals surface area contributed by atoms with E-state index in [0.717, 1.165) is 30.1 Å². The van der Waals surface area contributed by atoms with Crippen molar-refractivity contribution in [2.45, 2.75) is 25.0 Å². The molecule has 0 aromatic heterocycles. The highest BCUT2D eigenvalue weighted by Gasteiger charge is 2.39. The number of benzene rings is 2. The van der Waals surface area contributed by atoms with E-state index in [-0.39, 0.29) is 12.1 Å². The number of likely N-dealkylation sites (N-methyl/N-ethyl adjacent to an activating group) is 1. The summed E-state index contributed by atoms with van der Waals surface area (Å²) >= 11 is 6.55. The van der Waals surface area contributed by atoms with Crippen molar-refractivity contribution in [3.8, 4) is 0 Å². The molecule has 2 aromatic carbocycles. The van der Waals surface area contributed by atoms with Gasteiger partial charge in [0.25, 0.3) is 0 Å². The van der Waals surface area contributed by atoms with E-state index in [1.54, 1.807) is 0 Å². The van der Waals surface area contributed by atoms with Crippen molar-refractivity contribution in [1.82, 2.24) is 4.90 Å². The Balaban J connectivity index is 1.82. The SMILES string of the molecule is CN(C)CC1CC2c3ccccc3Cc3cccc(Cl)c3N2O1. The average Bonchev–Trinajstić information content (AvgIpc) is 2.84. The zero-order valence-electron chi connectivity index (χ0n) is 13.5. The number of anilines is 1. The third kappa shape index (κ3) is 2.63. The summed E-state index contributed by atoms with van der Waals surface area (Å²) in [5.41, 5.74) is 5.01. The summed E-state index contributed by atoms with van der Waals surface area (Å²) in [5.74, 6) is 0. The van der Waals surface area contributed by atoms with Crippen LogP contribution in [0.25, 0.3) is 0 Å². The van der Waals surface area contributed by atoms with Crippen LogP contribution in [0.15, 0.2) is 42.5 Å². The Labute approximate surface area is 142 Å². The van der Waals surface area contributed by atoms with Gasteiger partial charge in [-0.1, -0.05) is 48.0 Å². The highest BCUT2D eigenvalue weighted by Crippen LogP contribution is 2.46. The second-order valence-corrected chi connectivity index (χ2v) is 7.10. The third-order valence-electron chi connectivity index (χ3n) is 4.69. The van der Waals surface area contributed by atoms with E-state index in [4.69, 9.17) is 16.4 Å². The number of rotatable bonds is 2. The summed E-state index contributed by atoms with van der Waals surface area (Å²) in [6.45, 7) is 0.912. The molecular weight excluding hydrogens is 308 g/mol. The van der Waals surface area contributed by atoms with Crippen LogP contribution in [0, 0.1) is 0 Å². The van der Waals surface area contributed by atoms with Gasteiger partial charge in [0.2, 0.25) is 0 Å². The number of hydroxylamine groups is 1. The summed E-state index contributed by atoms with van der Waals surface area (Å²) in [4.78, 5) is 8.50. The highest BCUT2D eigenvalue weighted by atomic mass is 35.5. The smallest absolute Gasteiger partial charge is 0.101 e. The highest BCUT2D eigenvalue weighted by molar-refractivity contribution is 6.33. The fourth-order valence-electron chi connectivity index (χ4n) is 3.77. The van der Waals surface area contributed by atoms with Crippen molar-refractivity contribution >= 4 is 17.3 Å². The molecule has 2 atom stereocenters. The van der Waals surface area contributed by atoms with Gasteiger partial charge < -0.3 is 4.90 Å². The summed E-state index contributed by atoms with van der Waals surface area (Å²) < 4.78 is 0. The van der Waals surface area contributed by atoms with Crippen molar-refractivity contribution in [2.24, 2.45) is 0 Å². The number of para-hydroxylation sites is 1. The van der Waals surface area contributed by atoms with Crippen LogP contribution < -0.4 is 5.06 Å². The molecule has 0 saturated carbocycles. The molecule has 120 valence electrons. The largest absolute Gasteiger partial charge is 0.307 e. The summed E-state index contributed by atoms with van der Waals surface area (Å²) in [6.07, 6.45) is 2.07. The monoisotopic (exact) mass is 328 g/mol. The fraction of sp³-hybridized carbons (Fsp3) is 0.368. The van der Waals surface area contributed by atoms with E-state index in [0.29, 0.717) is 0 Å². The van der Waals surface area contributed by atoms with E-state index in [1.165, 1.54) is 16.7 Å². The van der Waals surface area contributed by atoms with Gasteiger partial charge in [-0.05, 0) is 43.3 Å². The maximum atomic E-state index is 6.55. The first-order valence-corrected chi connectivity index (χ1v) is 8.47. The van der Waals surface area contributed by atoms with Crippen molar-refractivity contribution in [2.75, 3.05) is 25.7 Å². The molecule has 23 heavy (non-hydrogen) atoms. The van der Waals surface area contributed by atoms with Crippen LogP contribution in [0.2, 0.25) is 5.02 Å². The lowest BCUT2D eigenvalue weighted by molar-refractivity contribution is 0.0649. The van der Waals surface area contributed by atoms with Gasteiger partial charge in [-0.2, -0.15) is 0 Å². The lowest BCUT2D eigenvalue weighted by Crippen LogP contribution is -2.28. The summed E-state index contributed by atoms with van der Waals surface area (Å²) in [6, 6.07) is 15.1. The molecule has 3 nitrogen and oxygen atoms in total. The molecule has 4 rings (SSSR count). The lowest BCUT2D eigenvalue weighted by Gasteiger charge is -2.26. The number of hydrogen-bond donors (Lipinski definition) is 0. The molecule has 1 saturated heterocycles. The Hall–Kier alpha value is -1.55. The first-order chi connectivity index (χ1) is 11.1. The van der Waals surface area contributed by atoms with Gasteiger partial charge in [0.15, 0.2) is 0 Å². The van der Waals surface area contributed by atoms with E-state index in [9.17, 15) is 0 Å². The topological polar surface area (TPSA) is 15.7 Å². The fourth-order valence-corrected chi connectivity index (χ4v) is 4.05. The minimum absolute atomic E-state index is 0.185. The Kier molecular flexibility index (Phi) is 3.80. The molecule has 2 aliphatic heterocycles. The molecule has 0 spiro atoms. The third-order valence-corrected chi connectivity index (χ3v) is 4.99. The summed E-state index contributed by atoms with van der Waals surface area (Å²) in [5, 5.41) is 2.84. The van der Waals surface area contributed by atoms with Crippen LogP contribution in [0.1, 0.15) is 29.2 Å². The molecule has 2 unspecified atom stereocenters. The second-order valence-electron chi connectivity index (χ2n) is 6.69. The van der Waals surface area contributed by atoms with Crippen LogP contribution >= 0.6 is 11.6 Å². The van der Waals surface area contributed by atoms with Crippen molar-refractivity contribution in [3.63, 3.8) is 0 Å². The maximum Gasteiger partial charge on any atom is 0.101 e. The molecule has 2 aliphatic rings. The minimum atomic E-state index is 0.185. The number of nitrogens with zero attached hydrogens (tertiary/aromatic N) is 2. The normalized spacial score (nSPS) is 22.5. The van der Waals surface area contributed by atoms with Gasteiger partial charge in [0.05, 0.1) is 16.8 Å². The standard InChI is InChI=1S/C19H21ClN2O/c1-21(2)12-15-11-18-16-8-4-3-6-13(16)10-14-7-5-9-17(20)19(14)22(18)23-15/h3-9,15,18H,10-12H2,1-2H3. The first kappa shape index (κ1) is 15.0. The van der Waals surface area contributed by atoms with E-state index in [2.05, 4.69) is 54.4 Å². The molecule has 0 radical (unpaired) electrons. The number of halogens is 1. The van der Waals surface area contributed by atoms with Crippen molar-refractivity contribution in [3.05, 3.63) is 64.2 Å². The van der Waals surface area contributed by atoms with Gasteiger partial charge >= 0.3 is 0 Å². The lowest BCUT2D eigenvalue weighted by atomic mass is 9.95. The first-order valence-electron chi connectivity index (χ1n) is 8.09. The molecular formula is C19H21ClN2O. The van der Waals surface area contributed by atoms with Crippen LogP contribution in [0.4, 0.5) is 5.69 Å². The second kappa shape index (κ2) is 5.82. The summed E-state index contributed by atoms with van der Waals surface area (Å²) in [7, 11) is 4.17. The van der Waals surface area contributed by atoms with Crippen molar-refractivity contribution < 1.29 is 4.84 Å². The Morgan fingerprint density at radius 2 is 1.91 bits per heavy atom. The van der Waals surface area contributed by atoms with Crippen molar-refractivity contribution in [1.29, 1.82) is 0 Å². The van der Waals surface area contributed by atoms with Gasteiger partial charge in [-0.3, -0.25) is 4.84 Å². The van der Waals surface area contributed by atoms with E-state index in [1.807, 2.05) is 12.1 Å². The molecule has 1 fully saturated rings. The van der Waals surface area contributed by atoms with E-state index >= 15 is 0 Å². The molecule has 4 heteroatoms. The quantitative estimate of drug-likeness (QED) is 0.827. The van der Waals surface area contributed by atoms with Gasteiger partial charge in [0.1, 0.15) is 6.10 Å². The zero-order valence-corrected chi connectivity index (χ0v) is 14.3. The Bertz CT molecular complexity index is 731. The van der Waals surface area contributed by atoms with Crippen LogP contribution in [-0.2, 0) is 11.3 Å². The number of fused-ring (bicyclic) bond motifs is 5. The predicted octanol–water partition coefficient (Wildman–Crippen LogP) is 4.06. The van der Waals surface area contributed by atoms with E-state index < -0.39 is 0 Å². The molecule has 2 heterocycles.